The van der Waals surface area contributed by atoms with E-state index in [1.807, 2.05) is 17.8 Å². The molecule has 0 fully saturated rings. The van der Waals surface area contributed by atoms with E-state index in [0.29, 0.717) is 11.3 Å². The smallest absolute Gasteiger partial charge is 0.167 e. The molecular formula is C14H14FN3S. The molecular weight excluding hydrogens is 261 g/mol. The summed E-state index contributed by atoms with van der Waals surface area (Å²) >= 11 is 1.59. The number of aromatic nitrogens is 2. The zero-order chi connectivity index (χ0) is 13.7. The van der Waals surface area contributed by atoms with Gasteiger partial charge < -0.3 is 10.3 Å². The van der Waals surface area contributed by atoms with E-state index in [0.717, 1.165) is 10.7 Å². The Kier molecular flexibility index (Phi) is 4.61. The lowest BCUT2D eigenvalue weighted by atomic mass is 10.1. The van der Waals surface area contributed by atoms with Crippen molar-refractivity contribution in [1.29, 1.82) is 0 Å². The van der Waals surface area contributed by atoms with Crippen molar-refractivity contribution in [3.63, 3.8) is 0 Å². The maximum Gasteiger partial charge on any atom is 0.167 e. The molecule has 0 spiro atoms. The summed E-state index contributed by atoms with van der Waals surface area (Å²) in [5, 5.41) is 0.919. The van der Waals surface area contributed by atoms with Gasteiger partial charge >= 0.3 is 0 Å². The largest absolute Gasteiger partial charge is 0.329 e. The van der Waals surface area contributed by atoms with Crippen LogP contribution in [0.1, 0.15) is 11.1 Å². The zero-order valence-electron chi connectivity index (χ0n) is 10.6. The standard InChI is InChI=1S/C14H14FN3S/c1-18-8-7-17-14(18)19-10-12-4-5-13(15)9-11(12)3-2-6-16/h4-5,7-9H,6,10,16H2,1H3. The molecule has 1 heterocycles. The van der Waals surface area contributed by atoms with Gasteiger partial charge in [-0.25, -0.2) is 9.37 Å². The minimum absolute atomic E-state index is 0.266. The lowest BCUT2D eigenvalue weighted by Crippen LogP contribution is -1.95. The molecule has 0 radical (unpaired) electrons. The van der Waals surface area contributed by atoms with Crippen molar-refractivity contribution in [1.82, 2.24) is 9.55 Å². The highest BCUT2D eigenvalue weighted by Gasteiger charge is 2.05. The summed E-state index contributed by atoms with van der Waals surface area (Å²) in [4.78, 5) is 4.24. The number of imidazole rings is 1. The first kappa shape index (κ1) is 13.7. The Labute approximate surface area is 116 Å². The second-order valence-corrected chi connectivity index (χ2v) is 4.86. The molecule has 0 saturated carbocycles. The van der Waals surface area contributed by atoms with Gasteiger partial charge in [-0.05, 0) is 17.7 Å². The highest BCUT2D eigenvalue weighted by atomic mass is 32.2. The molecule has 0 aliphatic rings. The van der Waals surface area contributed by atoms with Gasteiger partial charge in [-0.2, -0.15) is 0 Å². The normalized spacial score (nSPS) is 10.1. The first-order chi connectivity index (χ1) is 9.20. The van der Waals surface area contributed by atoms with Gasteiger partial charge in [-0.3, -0.25) is 0 Å². The van der Waals surface area contributed by atoms with E-state index in [9.17, 15) is 4.39 Å². The fraction of sp³-hybridized carbons (Fsp3) is 0.214. The summed E-state index contributed by atoms with van der Waals surface area (Å²) in [6.07, 6.45) is 3.64. The van der Waals surface area contributed by atoms with Crippen molar-refractivity contribution < 1.29 is 4.39 Å². The number of nitrogens with two attached hydrogens (primary N) is 1. The fourth-order valence-electron chi connectivity index (χ4n) is 1.57. The van der Waals surface area contributed by atoms with Crippen LogP contribution in [-0.4, -0.2) is 16.1 Å². The summed E-state index contributed by atoms with van der Waals surface area (Å²) in [6.45, 7) is 0.266. The highest BCUT2D eigenvalue weighted by molar-refractivity contribution is 7.98. The van der Waals surface area contributed by atoms with Crippen LogP contribution in [0.2, 0.25) is 0 Å². The Hall–Kier alpha value is -1.77. The number of benzene rings is 1. The van der Waals surface area contributed by atoms with Crippen molar-refractivity contribution in [3.05, 3.63) is 47.5 Å². The summed E-state index contributed by atoms with van der Waals surface area (Å²) in [5.74, 6) is 6.07. The van der Waals surface area contributed by atoms with E-state index in [-0.39, 0.29) is 12.4 Å². The quantitative estimate of drug-likeness (QED) is 0.689. The first-order valence-corrected chi connectivity index (χ1v) is 6.76. The molecule has 0 saturated heterocycles. The Morgan fingerprint density at radius 1 is 1.47 bits per heavy atom. The lowest BCUT2D eigenvalue weighted by Gasteiger charge is -2.05. The predicted octanol–water partition coefficient (Wildman–Crippen LogP) is 2.16. The molecule has 0 bridgehead atoms. The van der Waals surface area contributed by atoms with Crippen molar-refractivity contribution in [2.24, 2.45) is 12.8 Å². The molecule has 1 aromatic carbocycles. The maximum atomic E-state index is 13.2. The third-order valence-electron chi connectivity index (χ3n) is 2.53. The van der Waals surface area contributed by atoms with E-state index in [1.165, 1.54) is 12.1 Å². The van der Waals surface area contributed by atoms with Crippen molar-refractivity contribution in [3.8, 4) is 11.8 Å². The maximum absolute atomic E-state index is 13.2. The average Bonchev–Trinajstić information content (AvgIpc) is 2.81. The van der Waals surface area contributed by atoms with Gasteiger partial charge in [0.05, 0.1) is 6.54 Å². The van der Waals surface area contributed by atoms with Gasteiger partial charge in [0, 0.05) is 30.8 Å². The van der Waals surface area contributed by atoms with Gasteiger partial charge in [0.25, 0.3) is 0 Å². The number of rotatable bonds is 3. The van der Waals surface area contributed by atoms with Gasteiger partial charge in [0.1, 0.15) is 5.82 Å². The number of hydrogen-bond donors (Lipinski definition) is 1. The monoisotopic (exact) mass is 275 g/mol. The predicted molar refractivity (Wildman–Crippen MR) is 75.1 cm³/mol. The second-order valence-electron chi connectivity index (χ2n) is 3.92. The van der Waals surface area contributed by atoms with E-state index in [1.54, 1.807) is 24.0 Å². The zero-order valence-corrected chi connectivity index (χ0v) is 11.4. The Morgan fingerprint density at radius 3 is 3.00 bits per heavy atom. The molecule has 98 valence electrons. The number of halogens is 1. The molecule has 3 nitrogen and oxygen atoms in total. The first-order valence-electron chi connectivity index (χ1n) is 5.78. The van der Waals surface area contributed by atoms with Gasteiger partial charge in [-0.15, -0.1) is 0 Å². The molecule has 2 aromatic rings. The van der Waals surface area contributed by atoms with E-state index >= 15 is 0 Å². The third kappa shape index (κ3) is 3.60. The lowest BCUT2D eigenvalue weighted by molar-refractivity contribution is 0.627. The Bertz CT molecular complexity index is 625. The number of nitrogens with zero attached hydrogens (tertiary/aromatic N) is 2. The van der Waals surface area contributed by atoms with Gasteiger partial charge in [-0.1, -0.05) is 29.7 Å². The van der Waals surface area contributed by atoms with Crippen LogP contribution >= 0.6 is 11.8 Å². The van der Waals surface area contributed by atoms with Crippen LogP contribution in [0, 0.1) is 17.7 Å². The fourth-order valence-corrected chi connectivity index (χ4v) is 2.51. The van der Waals surface area contributed by atoms with Crippen LogP contribution in [0.4, 0.5) is 4.39 Å². The van der Waals surface area contributed by atoms with Crippen LogP contribution in [0.25, 0.3) is 0 Å². The number of thioether (sulfide) groups is 1. The third-order valence-corrected chi connectivity index (χ3v) is 3.64. The number of aryl methyl sites for hydroxylation is 1. The van der Waals surface area contributed by atoms with Gasteiger partial charge in [0.15, 0.2) is 5.16 Å². The minimum atomic E-state index is -0.285. The van der Waals surface area contributed by atoms with Crippen LogP contribution < -0.4 is 5.73 Å². The Morgan fingerprint density at radius 2 is 2.32 bits per heavy atom. The average molecular weight is 275 g/mol. The summed E-state index contributed by atoms with van der Waals surface area (Å²) in [5.41, 5.74) is 7.02. The molecule has 19 heavy (non-hydrogen) atoms. The van der Waals surface area contributed by atoms with Gasteiger partial charge in [0.2, 0.25) is 0 Å². The minimum Gasteiger partial charge on any atom is -0.329 e. The van der Waals surface area contributed by atoms with Crippen LogP contribution in [0.15, 0.2) is 35.7 Å². The Balaban J connectivity index is 2.17. The molecule has 2 rings (SSSR count). The van der Waals surface area contributed by atoms with Crippen molar-refractivity contribution >= 4 is 11.8 Å². The second kappa shape index (κ2) is 6.41. The highest BCUT2D eigenvalue weighted by Crippen LogP contribution is 2.22. The van der Waals surface area contributed by atoms with E-state index in [4.69, 9.17) is 5.73 Å². The van der Waals surface area contributed by atoms with Crippen molar-refractivity contribution in [2.75, 3.05) is 6.54 Å². The molecule has 0 aliphatic heterocycles. The molecule has 0 atom stereocenters. The molecule has 0 amide bonds. The molecule has 2 N–H and O–H groups in total. The van der Waals surface area contributed by atoms with Crippen molar-refractivity contribution in [2.45, 2.75) is 10.9 Å². The molecule has 0 unspecified atom stereocenters. The van der Waals surface area contributed by atoms with E-state index in [2.05, 4.69) is 16.8 Å². The topological polar surface area (TPSA) is 43.8 Å². The summed E-state index contributed by atoms with van der Waals surface area (Å²) < 4.78 is 15.2. The van der Waals surface area contributed by atoms with Crippen LogP contribution in [0.5, 0.6) is 0 Å². The van der Waals surface area contributed by atoms with Crippen LogP contribution in [-0.2, 0) is 12.8 Å². The summed E-state index contributed by atoms with van der Waals surface area (Å²) in [7, 11) is 1.94. The van der Waals surface area contributed by atoms with Crippen LogP contribution in [0.3, 0.4) is 0 Å². The molecule has 1 aromatic heterocycles. The summed E-state index contributed by atoms with van der Waals surface area (Å²) in [6, 6.07) is 4.64. The molecule has 5 heteroatoms. The molecule has 0 aliphatic carbocycles. The van der Waals surface area contributed by atoms with E-state index < -0.39 is 0 Å². The number of hydrogen-bond acceptors (Lipinski definition) is 3. The SMILES string of the molecule is Cn1ccnc1SCc1ccc(F)cc1C#CCN.